The van der Waals surface area contributed by atoms with E-state index in [2.05, 4.69) is 122 Å². The summed E-state index contributed by atoms with van der Waals surface area (Å²) in [6.45, 7) is 23.9. The summed E-state index contributed by atoms with van der Waals surface area (Å²) in [6, 6.07) is 19.0. The fraction of sp³-hybridized carbons (Fsp3) is 0.364. The summed E-state index contributed by atoms with van der Waals surface area (Å²) in [7, 11) is -3.17. The molecule has 0 N–H and O–H groups in total. The van der Waals surface area contributed by atoms with Crippen molar-refractivity contribution < 1.29 is 0 Å². The van der Waals surface area contributed by atoms with Gasteiger partial charge in [-0.05, 0) is 52.4 Å². The van der Waals surface area contributed by atoms with Crippen LogP contribution in [-0.4, -0.2) is 21.1 Å². The number of hydrogen-bond donors (Lipinski definition) is 0. The summed E-state index contributed by atoms with van der Waals surface area (Å²) in [5.41, 5.74) is 5.45. The Balaban J connectivity index is 1.84. The molecule has 0 radical (unpaired) electrons. The maximum Gasteiger partial charge on any atom is 0.0880 e. The summed E-state index contributed by atoms with van der Waals surface area (Å²) < 4.78 is 2.75. The molecule has 0 unspecified atom stereocenters. The van der Waals surface area contributed by atoms with Crippen molar-refractivity contribution in [1.82, 2.24) is 4.98 Å². The molecule has 2 aromatic heterocycles. The number of benzene rings is 3. The molecule has 0 amide bonds. The van der Waals surface area contributed by atoms with E-state index in [9.17, 15) is 0 Å². The number of rotatable bonds is 4. The Kier molecular flexibility index (Phi) is 6.33. The van der Waals surface area contributed by atoms with Crippen molar-refractivity contribution in [3.63, 3.8) is 0 Å². The van der Waals surface area contributed by atoms with Gasteiger partial charge < -0.3 is 0 Å². The molecule has 0 saturated carbocycles. The van der Waals surface area contributed by atoms with Crippen molar-refractivity contribution in [3.05, 3.63) is 65.9 Å². The molecular weight excluding hydrogens is 499 g/mol. The zero-order valence-corrected chi connectivity index (χ0v) is 27.1. The Labute approximate surface area is 229 Å². The molecular formula is C33H41NSSi2. The van der Waals surface area contributed by atoms with Gasteiger partial charge in [-0.1, -0.05) is 107 Å². The lowest BCUT2D eigenvalue weighted by Gasteiger charge is -2.22. The van der Waals surface area contributed by atoms with E-state index in [0.29, 0.717) is 0 Å². The average molecular weight is 540 g/mol. The van der Waals surface area contributed by atoms with Crippen molar-refractivity contribution in [1.29, 1.82) is 0 Å². The van der Waals surface area contributed by atoms with E-state index in [1.54, 1.807) is 0 Å². The van der Waals surface area contributed by atoms with E-state index < -0.39 is 16.1 Å². The lowest BCUT2D eigenvalue weighted by Crippen LogP contribution is -2.38. The Morgan fingerprint density at radius 3 is 2.14 bits per heavy atom. The van der Waals surface area contributed by atoms with Crippen molar-refractivity contribution in [2.75, 3.05) is 0 Å². The number of hydrogen-bond acceptors (Lipinski definition) is 2. The Bertz CT molecular complexity index is 1660. The van der Waals surface area contributed by atoms with Crippen LogP contribution in [0, 0.1) is 12.3 Å². The highest BCUT2D eigenvalue weighted by atomic mass is 32.1. The largest absolute Gasteiger partial charge is 0.255 e. The van der Waals surface area contributed by atoms with Gasteiger partial charge in [-0.2, -0.15) is 0 Å². The number of thiophene rings is 1. The minimum atomic E-state index is -1.59. The molecule has 192 valence electrons. The molecule has 0 atom stereocenters. The lowest BCUT2D eigenvalue weighted by atomic mass is 9.88. The van der Waals surface area contributed by atoms with Crippen LogP contribution in [0.25, 0.3) is 42.2 Å². The maximum absolute atomic E-state index is 5.23. The lowest BCUT2D eigenvalue weighted by molar-refractivity contribution is 0.411. The molecule has 0 bridgehead atoms. The first-order chi connectivity index (χ1) is 17.1. The molecule has 3 aromatic carbocycles. The van der Waals surface area contributed by atoms with Crippen LogP contribution in [0.3, 0.4) is 0 Å². The molecule has 37 heavy (non-hydrogen) atoms. The normalized spacial score (nSPS) is 13.2. The smallest absolute Gasteiger partial charge is 0.0880 e. The standard InChI is InChI=1S/C33H41NSSi2/c1-21-11-13-23-17-24(18-28(26(23)15-21)36(5,6)7)31-32-30(29(20-34-31)37(8,9)10)25-14-12-22(16-27(25)35-32)19-33(2,3)4/h11-18,20H,19H2,1-10H3. The van der Waals surface area contributed by atoms with Crippen molar-refractivity contribution >= 4 is 68.8 Å². The second-order valence-corrected chi connectivity index (χ2v) is 25.3. The van der Waals surface area contributed by atoms with E-state index in [-0.39, 0.29) is 5.41 Å². The third-order valence-electron chi connectivity index (χ3n) is 7.30. The van der Waals surface area contributed by atoms with Crippen LogP contribution >= 0.6 is 11.3 Å². The van der Waals surface area contributed by atoms with Gasteiger partial charge in [-0.25, -0.2) is 0 Å². The van der Waals surface area contributed by atoms with Gasteiger partial charge in [0.25, 0.3) is 0 Å². The van der Waals surface area contributed by atoms with Crippen LogP contribution in [0.15, 0.2) is 54.7 Å². The van der Waals surface area contributed by atoms with Crippen LogP contribution in [0.5, 0.6) is 0 Å². The Hall–Kier alpha value is -2.28. The van der Waals surface area contributed by atoms with Crippen LogP contribution in [0.4, 0.5) is 0 Å². The Morgan fingerprint density at radius 1 is 0.784 bits per heavy atom. The minimum absolute atomic E-state index is 0.275. The second-order valence-electron chi connectivity index (χ2n) is 14.1. The highest BCUT2D eigenvalue weighted by molar-refractivity contribution is 7.26. The monoisotopic (exact) mass is 539 g/mol. The van der Waals surface area contributed by atoms with Gasteiger partial charge in [0.1, 0.15) is 0 Å². The molecule has 0 aliphatic rings. The first kappa shape index (κ1) is 26.3. The fourth-order valence-corrected chi connectivity index (χ4v) is 10.0. The summed E-state index contributed by atoms with van der Waals surface area (Å²) in [5, 5.41) is 8.61. The van der Waals surface area contributed by atoms with Crippen LogP contribution in [0.1, 0.15) is 31.9 Å². The van der Waals surface area contributed by atoms with Gasteiger partial charge in [0, 0.05) is 27.2 Å². The number of fused-ring (bicyclic) bond motifs is 4. The van der Waals surface area contributed by atoms with Gasteiger partial charge in [0.05, 0.1) is 26.5 Å². The van der Waals surface area contributed by atoms with Gasteiger partial charge in [-0.15, -0.1) is 11.3 Å². The highest BCUT2D eigenvalue weighted by Crippen LogP contribution is 2.40. The first-order valence-electron chi connectivity index (χ1n) is 13.5. The molecule has 0 aliphatic heterocycles. The number of pyridine rings is 1. The van der Waals surface area contributed by atoms with E-state index >= 15 is 0 Å². The first-order valence-corrected chi connectivity index (χ1v) is 21.3. The summed E-state index contributed by atoms with van der Waals surface area (Å²) in [4.78, 5) is 5.23. The molecule has 5 rings (SSSR count). The van der Waals surface area contributed by atoms with E-state index in [4.69, 9.17) is 4.98 Å². The fourth-order valence-electron chi connectivity index (χ4n) is 5.55. The minimum Gasteiger partial charge on any atom is -0.255 e. The molecule has 4 heteroatoms. The quantitative estimate of drug-likeness (QED) is 0.207. The van der Waals surface area contributed by atoms with Crippen molar-refractivity contribution in [2.24, 2.45) is 5.41 Å². The van der Waals surface area contributed by atoms with E-state index in [0.717, 1.165) is 12.1 Å². The Morgan fingerprint density at radius 2 is 1.49 bits per heavy atom. The summed E-state index contributed by atoms with van der Waals surface area (Å²) in [6.07, 6.45) is 3.31. The topological polar surface area (TPSA) is 12.9 Å². The van der Waals surface area contributed by atoms with Crippen molar-refractivity contribution in [2.45, 2.75) is 73.4 Å². The van der Waals surface area contributed by atoms with Crippen LogP contribution in [0.2, 0.25) is 39.3 Å². The van der Waals surface area contributed by atoms with Gasteiger partial charge in [0.2, 0.25) is 0 Å². The number of aromatic nitrogens is 1. The van der Waals surface area contributed by atoms with Crippen LogP contribution < -0.4 is 10.4 Å². The van der Waals surface area contributed by atoms with E-state index in [1.807, 2.05) is 11.3 Å². The number of nitrogens with zero attached hydrogens (tertiary/aromatic N) is 1. The molecule has 1 nitrogen and oxygen atoms in total. The molecule has 0 spiro atoms. The van der Waals surface area contributed by atoms with Gasteiger partial charge in [0.15, 0.2) is 0 Å². The number of aryl methyl sites for hydroxylation is 1. The third-order valence-corrected chi connectivity index (χ3v) is 12.5. The van der Waals surface area contributed by atoms with E-state index in [1.165, 1.54) is 58.0 Å². The molecule has 0 fully saturated rings. The summed E-state index contributed by atoms with van der Waals surface area (Å²) in [5.74, 6) is 0. The van der Waals surface area contributed by atoms with Gasteiger partial charge in [-0.3, -0.25) is 4.98 Å². The zero-order chi connectivity index (χ0) is 26.9. The summed E-state index contributed by atoms with van der Waals surface area (Å²) >= 11 is 1.95. The molecule has 2 heterocycles. The SMILES string of the molecule is Cc1ccc2cc(-c3ncc([Si](C)(C)C)c4c3sc3cc(CC(C)(C)C)ccc34)cc([Si](C)(C)C)c2c1. The zero-order valence-electron chi connectivity index (χ0n) is 24.3. The molecule has 5 aromatic rings. The van der Waals surface area contributed by atoms with Crippen LogP contribution in [-0.2, 0) is 6.42 Å². The highest BCUT2D eigenvalue weighted by Gasteiger charge is 2.26. The van der Waals surface area contributed by atoms with Crippen molar-refractivity contribution in [3.8, 4) is 11.3 Å². The average Bonchev–Trinajstić information content (AvgIpc) is 3.13. The predicted octanol–water partition coefficient (Wildman–Crippen LogP) is 9.26. The maximum atomic E-state index is 5.23. The predicted molar refractivity (Wildman–Crippen MR) is 174 cm³/mol. The molecule has 0 saturated heterocycles. The third kappa shape index (κ3) is 5.08. The van der Waals surface area contributed by atoms with Gasteiger partial charge >= 0.3 is 0 Å². The second kappa shape index (κ2) is 8.89. The molecule has 0 aliphatic carbocycles.